The Labute approximate surface area is 195 Å². The van der Waals surface area contributed by atoms with Crippen molar-refractivity contribution in [3.05, 3.63) is 63.8 Å². The number of halogens is 1. The summed E-state index contributed by atoms with van der Waals surface area (Å²) in [5.74, 6) is 0.665. The fourth-order valence-electron chi connectivity index (χ4n) is 4.16. The van der Waals surface area contributed by atoms with Gasteiger partial charge in [0, 0.05) is 34.0 Å². The Bertz CT molecular complexity index is 1080. The van der Waals surface area contributed by atoms with Crippen LogP contribution < -0.4 is 4.74 Å². The molecule has 1 unspecified atom stereocenters. The van der Waals surface area contributed by atoms with Crippen LogP contribution in [0.3, 0.4) is 0 Å². The van der Waals surface area contributed by atoms with Crippen LogP contribution >= 0.6 is 15.9 Å². The number of rotatable bonds is 7. The minimum Gasteiger partial charge on any atom is -0.493 e. The van der Waals surface area contributed by atoms with Crippen LogP contribution in [0.1, 0.15) is 36.2 Å². The van der Waals surface area contributed by atoms with Gasteiger partial charge in [-0.2, -0.15) is 0 Å². The molecule has 7 nitrogen and oxygen atoms in total. The van der Waals surface area contributed by atoms with E-state index >= 15 is 0 Å². The topological polar surface area (TPSA) is 95.0 Å². The van der Waals surface area contributed by atoms with Crippen LogP contribution in [0, 0.1) is 0 Å². The third-order valence-corrected chi connectivity index (χ3v) is 6.21. The molecule has 0 saturated heterocycles. The average Bonchev–Trinajstić information content (AvgIpc) is 3.17. The van der Waals surface area contributed by atoms with Gasteiger partial charge in [-0.3, -0.25) is 4.90 Å². The van der Waals surface area contributed by atoms with Gasteiger partial charge in [0.1, 0.15) is 11.8 Å². The smallest absolute Gasteiger partial charge is 0.410 e. The van der Waals surface area contributed by atoms with Crippen molar-refractivity contribution in [3.8, 4) is 5.75 Å². The Kier molecular flexibility index (Phi) is 7.03. The summed E-state index contributed by atoms with van der Waals surface area (Å²) in [4.78, 5) is 18.1. The van der Waals surface area contributed by atoms with E-state index < -0.39 is 6.10 Å². The van der Waals surface area contributed by atoms with Gasteiger partial charge in [-0.05, 0) is 54.8 Å². The third-order valence-electron chi connectivity index (χ3n) is 5.72. The second-order valence-corrected chi connectivity index (χ2v) is 8.71. The van der Waals surface area contributed by atoms with Crippen LogP contribution in [0.2, 0.25) is 0 Å². The minimum atomic E-state index is -0.782. The van der Waals surface area contributed by atoms with Crippen molar-refractivity contribution >= 4 is 32.9 Å². The molecular weight excluding hydrogens is 476 g/mol. The summed E-state index contributed by atoms with van der Waals surface area (Å²) >= 11 is 3.56. The molecule has 0 saturated carbocycles. The van der Waals surface area contributed by atoms with Crippen molar-refractivity contribution in [1.29, 1.82) is 0 Å². The lowest BCUT2D eigenvalue weighted by atomic mass is 9.92. The summed E-state index contributed by atoms with van der Waals surface area (Å²) in [7, 11) is 0. The highest BCUT2D eigenvalue weighted by Crippen LogP contribution is 2.39. The monoisotopic (exact) mass is 502 g/mol. The SMILES string of the molecule is CCOC(=O)N1CCc2c([nH]c3ccc(Br)cc23)C1c1ccc(OCC[C@H](O)CO)cc1. The van der Waals surface area contributed by atoms with Gasteiger partial charge in [-0.1, -0.05) is 28.1 Å². The normalized spacial score (nSPS) is 16.6. The number of nitrogens with one attached hydrogen (secondary N) is 1. The number of aromatic nitrogens is 1. The number of H-pyrrole nitrogens is 1. The number of hydrogen-bond donors (Lipinski definition) is 3. The van der Waals surface area contributed by atoms with Gasteiger partial charge in [0.05, 0.1) is 25.9 Å². The number of aliphatic hydroxyl groups excluding tert-OH is 2. The van der Waals surface area contributed by atoms with Crippen LogP contribution in [0.4, 0.5) is 4.79 Å². The standard InChI is InChI=1S/C24H27BrN2O5/c1-2-31-24(30)27-11-9-19-20-13-16(25)5-8-21(20)26-22(19)23(27)15-3-6-18(7-4-15)32-12-10-17(29)14-28/h3-8,13,17,23,26,28-29H,2,9-12,14H2,1H3/t17-,23?/m0/s1. The lowest BCUT2D eigenvalue weighted by Crippen LogP contribution is -2.40. The molecule has 32 heavy (non-hydrogen) atoms. The van der Waals surface area contributed by atoms with Crippen LogP contribution in [0.25, 0.3) is 10.9 Å². The van der Waals surface area contributed by atoms with E-state index in [0.717, 1.165) is 33.1 Å². The largest absolute Gasteiger partial charge is 0.493 e. The van der Waals surface area contributed by atoms with E-state index in [9.17, 15) is 9.90 Å². The van der Waals surface area contributed by atoms with Crippen molar-refractivity contribution in [2.24, 2.45) is 0 Å². The molecule has 2 aromatic carbocycles. The van der Waals surface area contributed by atoms with E-state index in [1.54, 1.807) is 4.90 Å². The van der Waals surface area contributed by atoms with E-state index in [0.29, 0.717) is 31.9 Å². The number of hydrogen-bond acceptors (Lipinski definition) is 5. The fraction of sp³-hybridized carbons (Fsp3) is 0.375. The number of carbonyl (C=O) groups is 1. The molecule has 2 heterocycles. The maximum Gasteiger partial charge on any atom is 0.410 e. The Morgan fingerprint density at radius 3 is 2.78 bits per heavy atom. The predicted octanol–water partition coefficient (Wildman–Crippen LogP) is 4.16. The Balaban J connectivity index is 1.66. The fourth-order valence-corrected chi connectivity index (χ4v) is 4.52. The lowest BCUT2D eigenvalue weighted by Gasteiger charge is -2.35. The molecule has 4 rings (SSSR count). The van der Waals surface area contributed by atoms with Crippen molar-refractivity contribution in [2.45, 2.75) is 31.9 Å². The molecule has 0 aliphatic carbocycles. The Hall–Kier alpha value is -2.55. The van der Waals surface area contributed by atoms with E-state index in [1.165, 1.54) is 5.56 Å². The molecule has 0 fully saturated rings. The predicted molar refractivity (Wildman–Crippen MR) is 125 cm³/mol. The number of amides is 1. The third kappa shape index (κ3) is 4.62. The first kappa shape index (κ1) is 22.6. The highest BCUT2D eigenvalue weighted by atomic mass is 79.9. The summed E-state index contributed by atoms with van der Waals surface area (Å²) in [5.41, 5.74) is 4.20. The summed E-state index contributed by atoms with van der Waals surface area (Å²) in [5, 5.41) is 19.5. The quantitative estimate of drug-likeness (QED) is 0.450. The van der Waals surface area contributed by atoms with Crippen molar-refractivity contribution in [3.63, 3.8) is 0 Å². The average molecular weight is 503 g/mol. The van der Waals surface area contributed by atoms with E-state index in [4.69, 9.17) is 14.6 Å². The summed E-state index contributed by atoms with van der Waals surface area (Å²) in [6, 6.07) is 13.5. The number of aliphatic hydroxyl groups is 2. The molecule has 2 atom stereocenters. The van der Waals surface area contributed by atoms with E-state index in [-0.39, 0.29) is 18.7 Å². The van der Waals surface area contributed by atoms with Crippen molar-refractivity contribution in [2.75, 3.05) is 26.4 Å². The van der Waals surface area contributed by atoms with Crippen LogP contribution in [0.15, 0.2) is 46.9 Å². The molecule has 0 spiro atoms. The first-order valence-electron chi connectivity index (χ1n) is 10.8. The number of fused-ring (bicyclic) bond motifs is 3. The zero-order valence-electron chi connectivity index (χ0n) is 17.9. The van der Waals surface area contributed by atoms with Gasteiger partial charge < -0.3 is 24.7 Å². The number of carbonyl (C=O) groups excluding carboxylic acids is 1. The maximum absolute atomic E-state index is 12.8. The number of benzene rings is 2. The zero-order valence-corrected chi connectivity index (χ0v) is 19.5. The molecule has 1 aliphatic rings. The number of nitrogens with zero attached hydrogens (tertiary/aromatic N) is 1. The van der Waals surface area contributed by atoms with Crippen LogP contribution in [-0.4, -0.2) is 58.7 Å². The highest BCUT2D eigenvalue weighted by Gasteiger charge is 2.35. The minimum absolute atomic E-state index is 0.281. The molecule has 1 aliphatic heterocycles. The number of aromatic amines is 1. The zero-order chi connectivity index (χ0) is 22.7. The second-order valence-electron chi connectivity index (χ2n) is 7.79. The molecule has 170 valence electrons. The Morgan fingerprint density at radius 1 is 1.28 bits per heavy atom. The lowest BCUT2D eigenvalue weighted by molar-refractivity contribution is 0.0754. The molecular formula is C24H27BrN2O5. The van der Waals surface area contributed by atoms with Crippen molar-refractivity contribution < 1.29 is 24.5 Å². The van der Waals surface area contributed by atoms with Gasteiger partial charge in [0.2, 0.25) is 0 Å². The van der Waals surface area contributed by atoms with E-state index in [2.05, 4.69) is 27.0 Å². The van der Waals surface area contributed by atoms with Gasteiger partial charge in [0.25, 0.3) is 0 Å². The van der Waals surface area contributed by atoms with Crippen LogP contribution in [-0.2, 0) is 11.2 Å². The first-order valence-corrected chi connectivity index (χ1v) is 11.6. The summed E-state index contributed by atoms with van der Waals surface area (Å²) in [6.07, 6.45) is -0.0162. The maximum atomic E-state index is 12.8. The Morgan fingerprint density at radius 2 is 2.06 bits per heavy atom. The molecule has 3 aromatic rings. The van der Waals surface area contributed by atoms with Gasteiger partial charge in [-0.15, -0.1) is 0 Å². The molecule has 3 N–H and O–H groups in total. The second kappa shape index (κ2) is 9.94. The molecule has 0 bridgehead atoms. The van der Waals surface area contributed by atoms with E-state index in [1.807, 2.05) is 43.3 Å². The summed E-state index contributed by atoms with van der Waals surface area (Å²) in [6.45, 7) is 2.72. The van der Waals surface area contributed by atoms with Crippen LogP contribution in [0.5, 0.6) is 5.75 Å². The summed E-state index contributed by atoms with van der Waals surface area (Å²) < 4.78 is 12.0. The first-order chi connectivity index (χ1) is 15.5. The molecule has 8 heteroatoms. The van der Waals surface area contributed by atoms with Gasteiger partial charge in [-0.25, -0.2) is 4.79 Å². The highest BCUT2D eigenvalue weighted by molar-refractivity contribution is 9.10. The molecule has 1 aromatic heterocycles. The molecule has 1 amide bonds. The number of ether oxygens (including phenoxy) is 2. The van der Waals surface area contributed by atoms with Gasteiger partial charge >= 0.3 is 6.09 Å². The van der Waals surface area contributed by atoms with Gasteiger partial charge in [0.15, 0.2) is 0 Å². The molecule has 0 radical (unpaired) electrons. The van der Waals surface area contributed by atoms with Crippen molar-refractivity contribution in [1.82, 2.24) is 9.88 Å².